The Balaban J connectivity index is 2.12. The molecule has 1 amide bonds. The van der Waals surface area contributed by atoms with Crippen LogP contribution >= 0.6 is 15.9 Å². The Morgan fingerprint density at radius 1 is 1.11 bits per heavy atom. The van der Waals surface area contributed by atoms with Gasteiger partial charge in [-0.05, 0) is 48.4 Å². The number of halogens is 1. The Kier molecular flexibility index (Phi) is 6.16. The fraction of sp³-hybridized carbons (Fsp3) is 0.238. The van der Waals surface area contributed by atoms with Crippen molar-refractivity contribution in [1.29, 1.82) is 0 Å². The number of aliphatic hydroxyl groups is 2. The summed E-state index contributed by atoms with van der Waals surface area (Å²) in [5.41, 5.74) is 1.16. The van der Waals surface area contributed by atoms with Crippen LogP contribution in [0.1, 0.15) is 23.6 Å². The summed E-state index contributed by atoms with van der Waals surface area (Å²) < 4.78 is 5.98. The largest absolute Gasteiger partial charge is 0.507 e. The molecule has 28 heavy (non-hydrogen) atoms. The van der Waals surface area contributed by atoms with E-state index in [2.05, 4.69) is 15.9 Å². The number of methoxy groups -OCH3 is 1. The molecule has 1 aliphatic rings. The van der Waals surface area contributed by atoms with E-state index in [-0.39, 0.29) is 24.5 Å². The van der Waals surface area contributed by atoms with Crippen molar-refractivity contribution >= 4 is 33.4 Å². The van der Waals surface area contributed by atoms with E-state index in [1.807, 2.05) is 12.1 Å². The Bertz CT molecular complexity index is 905. The van der Waals surface area contributed by atoms with Crippen molar-refractivity contribution in [3.8, 4) is 5.75 Å². The SMILES string of the molecule is COc1ccc(/C(O)=C2\C(=O)C(=O)N(CCCO)[C@@H]2c2ccc(Br)cc2)cc1. The van der Waals surface area contributed by atoms with Gasteiger partial charge in [-0.2, -0.15) is 0 Å². The van der Waals surface area contributed by atoms with Crippen LogP contribution in [0.2, 0.25) is 0 Å². The van der Waals surface area contributed by atoms with Crippen LogP contribution in [0.5, 0.6) is 5.75 Å². The maximum atomic E-state index is 12.8. The average Bonchev–Trinajstić information content (AvgIpc) is 2.97. The number of carbonyl (C=O) groups excluding carboxylic acids is 2. The predicted octanol–water partition coefficient (Wildman–Crippen LogP) is 3.26. The molecule has 146 valence electrons. The molecule has 2 aromatic carbocycles. The smallest absolute Gasteiger partial charge is 0.295 e. The number of ketones is 1. The van der Waals surface area contributed by atoms with Crippen molar-refractivity contribution in [2.75, 3.05) is 20.3 Å². The summed E-state index contributed by atoms with van der Waals surface area (Å²) in [5, 5.41) is 20.1. The van der Waals surface area contributed by atoms with Crippen LogP contribution in [0.3, 0.4) is 0 Å². The summed E-state index contributed by atoms with van der Waals surface area (Å²) in [6.45, 7) is 0.107. The molecule has 0 spiro atoms. The van der Waals surface area contributed by atoms with E-state index in [9.17, 15) is 19.8 Å². The summed E-state index contributed by atoms with van der Waals surface area (Å²) in [4.78, 5) is 26.8. The molecule has 6 nitrogen and oxygen atoms in total. The molecule has 2 N–H and O–H groups in total. The molecule has 1 aliphatic heterocycles. The topological polar surface area (TPSA) is 87.1 Å². The third-order valence-corrected chi connectivity index (χ3v) is 5.17. The molecule has 0 aliphatic carbocycles. The first-order valence-electron chi connectivity index (χ1n) is 8.77. The molecule has 1 saturated heterocycles. The first-order chi connectivity index (χ1) is 13.5. The van der Waals surface area contributed by atoms with E-state index in [0.717, 1.165) is 4.47 Å². The van der Waals surface area contributed by atoms with Crippen molar-refractivity contribution in [1.82, 2.24) is 4.90 Å². The van der Waals surface area contributed by atoms with Gasteiger partial charge in [0.25, 0.3) is 11.7 Å². The number of amides is 1. The van der Waals surface area contributed by atoms with Crippen LogP contribution in [0.4, 0.5) is 0 Å². The molecular weight excluding hydrogens is 426 g/mol. The lowest BCUT2D eigenvalue weighted by molar-refractivity contribution is -0.140. The monoisotopic (exact) mass is 445 g/mol. The Morgan fingerprint density at radius 2 is 1.75 bits per heavy atom. The zero-order valence-corrected chi connectivity index (χ0v) is 16.8. The number of Topliss-reactive ketones (excluding diaryl/α,β-unsaturated/α-hetero) is 1. The van der Waals surface area contributed by atoms with E-state index in [4.69, 9.17) is 4.74 Å². The number of ether oxygens (including phenoxy) is 1. The van der Waals surface area contributed by atoms with Gasteiger partial charge >= 0.3 is 0 Å². The van der Waals surface area contributed by atoms with Gasteiger partial charge in [0.05, 0.1) is 18.7 Å². The molecule has 2 aromatic rings. The summed E-state index contributed by atoms with van der Waals surface area (Å²) >= 11 is 3.38. The maximum absolute atomic E-state index is 12.8. The van der Waals surface area contributed by atoms with Gasteiger partial charge in [0, 0.05) is 23.2 Å². The van der Waals surface area contributed by atoms with Gasteiger partial charge in [-0.25, -0.2) is 0 Å². The van der Waals surface area contributed by atoms with Crippen LogP contribution in [-0.2, 0) is 9.59 Å². The number of nitrogens with zero attached hydrogens (tertiary/aromatic N) is 1. The molecular formula is C21H20BrNO5. The normalized spacial score (nSPS) is 18.5. The number of hydrogen-bond donors (Lipinski definition) is 2. The van der Waals surface area contributed by atoms with Crippen LogP contribution in [0, 0.1) is 0 Å². The van der Waals surface area contributed by atoms with Crippen LogP contribution in [0.15, 0.2) is 58.6 Å². The number of carbonyl (C=O) groups is 2. The lowest BCUT2D eigenvalue weighted by atomic mass is 9.95. The standard InChI is InChI=1S/C21H20BrNO5/c1-28-16-9-5-14(6-10-16)19(25)17-18(13-3-7-15(22)8-4-13)23(11-2-12-24)21(27)20(17)26/h3-10,18,24-25H,2,11-12H2,1H3/b19-17+/t18-/m1/s1. The fourth-order valence-electron chi connectivity index (χ4n) is 3.25. The molecule has 1 atom stereocenters. The van der Waals surface area contributed by atoms with Crippen molar-refractivity contribution in [2.24, 2.45) is 0 Å². The minimum Gasteiger partial charge on any atom is -0.507 e. The molecule has 0 radical (unpaired) electrons. The summed E-state index contributed by atoms with van der Waals surface area (Å²) in [7, 11) is 1.54. The third-order valence-electron chi connectivity index (χ3n) is 4.65. The van der Waals surface area contributed by atoms with E-state index in [0.29, 0.717) is 23.3 Å². The molecule has 7 heteroatoms. The molecule has 3 rings (SSSR count). The van der Waals surface area contributed by atoms with Gasteiger partial charge < -0.3 is 19.8 Å². The number of benzene rings is 2. The van der Waals surface area contributed by atoms with Crippen LogP contribution in [0.25, 0.3) is 5.76 Å². The van der Waals surface area contributed by atoms with Crippen molar-refractivity contribution in [2.45, 2.75) is 12.5 Å². The van der Waals surface area contributed by atoms with Gasteiger partial charge in [-0.3, -0.25) is 9.59 Å². The number of likely N-dealkylation sites (tertiary alicyclic amines) is 1. The van der Waals surface area contributed by atoms with Gasteiger partial charge in [0.2, 0.25) is 0 Å². The predicted molar refractivity (Wildman–Crippen MR) is 108 cm³/mol. The first kappa shape index (κ1) is 20.1. The number of aliphatic hydroxyl groups excluding tert-OH is 2. The molecule has 0 aromatic heterocycles. The Morgan fingerprint density at radius 3 is 2.32 bits per heavy atom. The van der Waals surface area contributed by atoms with Crippen molar-refractivity contribution in [3.05, 3.63) is 69.7 Å². The summed E-state index contributed by atoms with van der Waals surface area (Å²) in [6.07, 6.45) is 0.336. The molecule has 1 fully saturated rings. The minimum absolute atomic E-state index is 0.0374. The summed E-state index contributed by atoms with van der Waals surface area (Å²) in [6, 6.07) is 13.1. The molecule has 0 bridgehead atoms. The summed E-state index contributed by atoms with van der Waals surface area (Å²) in [5.74, 6) is -1.04. The van der Waals surface area contributed by atoms with E-state index in [1.165, 1.54) is 12.0 Å². The minimum atomic E-state index is -0.737. The highest BCUT2D eigenvalue weighted by atomic mass is 79.9. The first-order valence-corrected chi connectivity index (χ1v) is 9.56. The lowest BCUT2D eigenvalue weighted by Gasteiger charge is -2.25. The van der Waals surface area contributed by atoms with Gasteiger partial charge in [0.15, 0.2) is 0 Å². The Hall–Kier alpha value is -2.64. The van der Waals surface area contributed by atoms with Crippen molar-refractivity contribution in [3.63, 3.8) is 0 Å². The van der Waals surface area contributed by atoms with Crippen LogP contribution in [-0.4, -0.2) is 47.1 Å². The second-order valence-corrected chi connectivity index (χ2v) is 7.27. The van der Waals surface area contributed by atoms with E-state index < -0.39 is 17.7 Å². The second-order valence-electron chi connectivity index (χ2n) is 6.35. The number of rotatable bonds is 6. The fourth-order valence-corrected chi connectivity index (χ4v) is 3.51. The van der Waals surface area contributed by atoms with E-state index in [1.54, 1.807) is 36.4 Å². The zero-order valence-electron chi connectivity index (χ0n) is 15.3. The van der Waals surface area contributed by atoms with E-state index >= 15 is 0 Å². The molecule has 0 unspecified atom stereocenters. The number of hydrogen-bond acceptors (Lipinski definition) is 5. The highest BCUT2D eigenvalue weighted by molar-refractivity contribution is 9.10. The quantitative estimate of drug-likeness (QED) is 0.404. The average molecular weight is 446 g/mol. The van der Waals surface area contributed by atoms with Gasteiger partial charge in [-0.1, -0.05) is 28.1 Å². The Labute approximate surface area is 171 Å². The molecule has 1 heterocycles. The van der Waals surface area contributed by atoms with Crippen molar-refractivity contribution < 1.29 is 24.5 Å². The van der Waals surface area contributed by atoms with Crippen LogP contribution < -0.4 is 4.74 Å². The molecule has 0 saturated carbocycles. The van der Waals surface area contributed by atoms with Gasteiger partial charge in [-0.15, -0.1) is 0 Å². The maximum Gasteiger partial charge on any atom is 0.295 e. The highest BCUT2D eigenvalue weighted by Crippen LogP contribution is 2.39. The van der Waals surface area contributed by atoms with Gasteiger partial charge in [0.1, 0.15) is 11.5 Å². The highest BCUT2D eigenvalue weighted by Gasteiger charge is 2.45. The zero-order chi connectivity index (χ0) is 20.3. The second kappa shape index (κ2) is 8.58. The lowest BCUT2D eigenvalue weighted by Crippen LogP contribution is -2.31. The third kappa shape index (κ3) is 3.81.